The Balaban J connectivity index is -0.00000000973. The number of halogens is 6. The Hall–Kier alpha value is 6.71. The fourth-order valence-corrected chi connectivity index (χ4v) is 0. The van der Waals surface area contributed by atoms with Crippen molar-refractivity contribution in [2.24, 2.45) is 0 Å². The van der Waals surface area contributed by atoms with Gasteiger partial charge in [0.25, 0.3) is 0 Å². The molecule has 0 radical (unpaired) electrons. The minimum absolute atomic E-state index is 0. The molecule has 0 bridgehead atoms. The Morgan fingerprint density at radius 2 is 0.214 bits per heavy atom. The Morgan fingerprint density at radius 1 is 0.214 bits per heavy atom. The van der Waals surface area contributed by atoms with Crippen LogP contribution in [0.1, 0.15) is 0 Å². The average molecular weight is 1350 g/mol. The molecule has 0 saturated heterocycles. The quantitative estimate of drug-likeness (QED) is 0.124. The third kappa shape index (κ3) is 2170. The molecule has 0 fully saturated rings. The molecule has 0 aromatic heterocycles. The van der Waals surface area contributed by atoms with E-state index in [0.717, 1.165) is 0 Å². The largest absolute Gasteiger partial charge is 1.00 e. The van der Waals surface area contributed by atoms with E-state index in [1.165, 1.54) is 0 Å². The van der Waals surface area contributed by atoms with Crippen LogP contribution in [0.15, 0.2) is 0 Å². The molecule has 0 N–H and O–H groups in total. The maximum Gasteiger partial charge on any atom is 1.00 e. The van der Waals surface area contributed by atoms with Crippen molar-refractivity contribution in [1.82, 2.24) is 0 Å². The monoisotopic (exact) mass is 1340 g/mol. The molecule has 0 aromatic rings. The molecule has 0 rings (SSSR count). The second-order valence-corrected chi connectivity index (χ2v) is 7.75. The van der Waals surface area contributed by atoms with Crippen molar-refractivity contribution >= 4 is 47.4 Å². The predicted octanol–water partition coefficient (Wildman–Crippen LogP) is -7.32. The standard InChI is InChI=1S/12Cu.6FH2O3P/c;;;;;;;;;;;;6*1-5(2,3)4/h;;;;;;;;;;;;6*(H2,2,3,4)/q12*+1;;;;;;/p-12. The van der Waals surface area contributed by atoms with Gasteiger partial charge in [-0.15, -0.1) is 0 Å². The first-order valence-corrected chi connectivity index (χ1v) is 12.9. The summed E-state index contributed by atoms with van der Waals surface area (Å²) < 4.78 is 111. The summed E-state index contributed by atoms with van der Waals surface area (Å²) >= 11 is 0. The molecule has 42 heteroatoms. The minimum atomic E-state index is -5.64. The van der Waals surface area contributed by atoms with Crippen molar-refractivity contribution in [1.29, 1.82) is 0 Å². The van der Waals surface area contributed by atoms with E-state index in [0.29, 0.717) is 0 Å². The van der Waals surface area contributed by atoms with E-state index in [-0.39, 0.29) is 205 Å². The average Bonchev–Trinajstić information content (AvgIpc) is 1.94. The van der Waals surface area contributed by atoms with Gasteiger partial charge in [0.1, 0.15) is 47.4 Å². The van der Waals surface area contributed by atoms with Crippen molar-refractivity contribution in [3.05, 3.63) is 0 Å². The zero-order chi connectivity index (χ0) is 27.0. The molecular weight excluding hydrogens is 1350 g/mol. The minimum Gasteiger partial charge on any atom is -0.786 e. The smallest absolute Gasteiger partial charge is 0.786 e. The summed E-state index contributed by atoms with van der Waals surface area (Å²) in [6.45, 7) is 0. The number of hydrogen-bond acceptors (Lipinski definition) is 18. The number of rotatable bonds is 0. The molecule has 0 unspecified atom stereocenters. The van der Waals surface area contributed by atoms with Crippen molar-refractivity contribution in [3.8, 4) is 0 Å². The van der Waals surface area contributed by atoms with Crippen LogP contribution in [0.2, 0.25) is 0 Å². The van der Waals surface area contributed by atoms with Gasteiger partial charge >= 0.3 is 205 Å². The molecule has 0 heterocycles. The van der Waals surface area contributed by atoms with E-state index in [4.69, 9.17) is 86.1 Å². The van der Waals surface area contributed by atoms with Gasteiger partial charge in [-0.2, -0.15) is 0 Å². The van der Waals surface area contributed by atoms with Crippen LogP contribution < -0.4 is 58.7 Å². The SMILES string of the molecule is O=P([O-])([O-])F.O=P([O-])([O-])F.O=P([O-])([O-])F.O=P([O-])([O-])F.O=P([O-])([O-])F.O=P([O-])([O-])F.[Cu+].[Cu+].[Cu+].[Cu+].[Cu+].[Cu+].[Cu+].[Cu+].[Cu+].[Cu+].[Cu+].[Cu+]. The van der Waals surface area contributed by atoms with Crippen LogP contribution in [0.25, 0.3) is 0 Å². The van der Waals surface area contributed by atoms with Crippen molar-refractivity contribution in [2.45, 2.75) is 0 Å². The zero-order valence-electron chi connectivity index (χ0n) is 15.9. The van der Waals surface area contributed by atoms with E-state index >= 15 is 0 Å². The van der Waals surface area contributed by atoms with Crippen LogP contribution in [-0.4, -0.2) is 0 Å². The van der Waals surface area contributed by atoms with Gasteiger partial charge in [0, 0.05) is 0 Å². The molecule has 18 nitrogen and oxygen atoms in total. The summed E-state index contributed by atoms with van der Waals surface area (Å²) in [4.78, 5) is 101. The predicted molar refractivity (Wildman–Crippen MR) is 52.3 cm³/mol. The molecule has 0 atom stereocenters. The molecule has 0 spiro atoms. The Labute approximate surface area is 359 Å². The molecular formula is Cu12F6O18P6. The molecule has 0 aromatic carbocycles. The van der Waals surface area contributed by atoms with E-state index < -0.39 is 47.4 Å². The van der Waals surface area contributed by atoms with Crippen molar-refractivity contribution in [2.75, 3.05) is 0 Å². The van der Waals surface area contributed by atoms with Gasteiger partial charge in [-0.3, -0.25) is 0 Å². The molecule has 0 aliphatic rings. The Kier molecular flexibility index (Phi) is 160. The fraction of sp³-hybridized carbons (Fsp3) is 0. The molecule has 0 saturated carbocycles. The van der Waals surface area contributed by atoms with Gasteiger partial charge in [-0.1, -0.05) is 0 Å². The second kappa shape index (κ2) is 57.1. The van der Waals surface area contributed by atoms with E-state index in [1.54, 1.807) is 0 Å². The van der Waals surface area contributed by atoms with Gasteiger partial charge in [0.05, 0.1) is 0 Å². The summed E-state index contributed by atoms with van der Waals surface area (Å²) in [5.41, 5.74) is 0. The molecule has 0 aliphatic carbocycles. The van der Waals surface area contributed by atoms with Crippen LogP contribution >= 0.6 is 47.4 Å². The van der Waals surface area contributed by atoms with Crippen LogP contribution in [-0.2, 0) is 232 Å². The fourth-order valence-electron chi connectivity index (χ4n) is 0. The van der Waals surface area contributed by atoms with Crippen molar-refractivity contribution < 1.29 is 316 Å². The molecule has 0 amide bonds. The summed E-state index contributed by atoms with van der Waals surface area (Å²) in [6.07, 6.45) is 0. The Bertz CT molecular complexity index is 510. The van der Waals surface area contributed by atoms with Gasteiger partial charge in [0.2, 0.25) is 0 Å². The van der Waals surface area contributed by atoms with Crippen LogP contribution in [0.5, 0.6) is 0 Å². The summed E-state index contributed by atoms with van der Waals surface area (Å²) in [5.74, 6) is 0. The maximum atomic E-state index is 10.1. The van der Waals surface area contributed by atoms with E-state index in [1.807, 2.05) is 0 Å². The molecule has 42 heavy (non-hydrogen) atoms. The van der Waals surface area contributed by atoms with Gasteiger partial charge < -0.3 is 86.1 Å². The summed E-state index contributed by atoms with van der Waals surface area (Å²) in [7, 11) is -33.8. The number of hydrogen-bond donors (Lipinski definition) is 0. The normalized spacial score (nSPS) is 8.43. The van der Waals surface area contributed by atoms with E-state index in [9.17, 15) is 25.2 Å². The second-order valence-electron chi connectivity index (χ2n) is 2.58. The van der Waals surface area contributed by atoms with Crippen LogP contribution in [0.3, 0.4) is 0 Å². The topological polar surface area (TPSA) is 379 Å². The third-order valence-electron chi connectivity index (χ3n) is 0. The maximum absolute atomic E-state index is 10.1. The van der Waals surface area contributed by atoms with Gasteiger partial charge in [-0.25, -0.2) is 25.2 Å². The first-order chi connectivity index (χ1) is 12.0. The van der Waals surface area contributed by atoms with Gasteiger partial charge in [-0.05, 0) is 0 Å². The van der Waals surface area contributed by atoms with Crippen LogP contribution in [0, 0.1) is 0 Å². The zero-order valence-corrected chi connectivity index (χ0v) is 32.6. The first-order valence-electron chi connectivity index (χ1n) is 4.30. The summed E-state index contributed by atoms with van der Waals surface area (Å²) in [6, 6.07) is 0. The van der Waals surface area contributed by atoms with Crippen LogP contribution in [0.4, 0.5) is 25.2 Å². The van der Waals surface area contributed by atoms with E-state index in [2.05, 4.69) is 0 Å². The Morgan fingerprint density at radius 3 is 0.214 bits per heavy atom. The van der Waals surface area contributed by atoms with Gasteiger partial charge in [0.15, 0.2) is 0 Å². The van der Waals surface area contributed by atoms with Crippen molar-refractivity contribution in [3.63, 3.8) is 0 Å². The third-order valence-corrected chi connectivity index (χ3v) is 0. The molecule has 312 valence electrons. The summed E-state index contributed by atoms with van der Waals surface area (Å²) in [5, 5.41) is 0. The molecule has 0 aliphatic heterocycles. The first kappa shape index (κ1) is 118.